The molecule has 8 heteroatoms. The van der Waals surface area contributed by atoms with E-state index in [9.17, 15) is 4.39 Å². The fraction of sp³-hybridized carbons (Fsp3) is 0.133. The van der Waals surface area contributed by atoms with Gasteiger partial charge in [-0.2, -0.15) is 0 Å². The number of nitrogens with one attached hydrogen (secondary N) is 2. The van der Waals surface area contributed by atoms with Crippen molar-refractivity contribution in [3.8, 4) is 11.5 Å². The number of ether oxygens (including phenoxy) is 2. The Balaban J connectivity index is 2.18. The van der Waals surface area contributed by atoms with Crippen molar-refractivity contribution in [2.45, 2.75) is 0 Å². The maximum absolute atomic E-state index is 13.0. The molecular weight excluding hydrogens is 362 g/mol. The maximum Gasteiger partial charge on any atom is 0.175 e. The molecule has 0 heterocycles. The first-order chi connectivity index (χ1) is 10.9. The fourth-order valence-electron chi connectivity index (χ4n) is 1.82. The largest absolute Gasteiger partial charge is 0.495 e. The van der Waals surface area contributed by atoms with Crippen molar-refractivity contribution in [2.24, 2.45) is 0 Å². The van der Waals surface area contributed by atoms with Crippen LogP contribution in [-0.4, -0.2) is 19.3 Å². The number of anilines is 2. The first-order valence-corrected chi connectivity index (χ1v) is 7.55. The van der Waals surface area contributed by atoms with Gasteiger partial charge in [0.15, 0.2) is 5.11 Å². The molecule has 0 fully saturated rings. The number of thiocarbonyl (C=S) groups is 1. The van der Waals surface area contributed by atoms with Crippen molar-refractivity contribution < 1.29 is 13.9 Å². The van der Waals surface area contributed by atoms with Crippen LogP contribution in [0.15, 0.2) is 30.3 Å². The highest BCUT2D eigenvalue weighted by Crippen LogP contribution is 2.36. The number of hydrogen-bond acceptors (Lipinski definition) is 3. The van der Waals surface area contributed by atoms with Crippen LogP contribution in [0.1, 0.15) is 0 Å². The van der Waals surface area contributed by atoms with Gasteiger partial charge in [-0.25, -0.2) is 4.39 Å². The van der Waals surface area contributed by atoms with Gasteiger partial charge >= 0.3 is 0 Å². The standard InChI is InChI=1S/C15H13Cl2FN2O2S/c1-21-13-7-14(22-2)12(6-10(13)17)20-15(23)19-11-4-3-8(18)5-9(11)16/h3-7H,1-2H3,(H2,19,20,23). The number of hydrogen-bond donors (Lipinski definition) is 2. The summed E-state index contributed by atoms with van der Waals surface area (Å²) < 4.78 is 23.4. The topological polar surface area (TPSA) is 42.5 Å². The third kappa shape index (κ3) is 4.37. The van der Waals surface area contributed by atoms with E-state index in [0.29, 0.717) is 27.9 Å². The Morgan fingerprint density at radius 1 is 0.957 bits per heavy atom. The molecule has 0 aromatic heterocycles. The summed E-state index contributed by atoms with van der Waals surface area (Å²) in [6.07, 6.45) is 0. The molecule has 0 unspecified atom stereocenters. The summed E-state index contributed by atoms with van der Waals surface area (Å²) in [5, 5.41) is 6.69. The molecule has 0 amide bonds. The molecule has 4 nitrogen and oxygen atoms in total. The van der Waals surface area contributed by atoms with E-state index in [4.69, 9.17) is 44.9 Å². The van der Waals surface area contributed by atoms with Gasteiger partial charge in [0.2, 0.25) is 0 Å². The van der Waals surface area contributed by atoms with Crippen LogP contribution in [0.25, 0.3) is 0 Å². The van der Waals surface area contributed by atoms with Gasteiger partial charge in [0.05, 0.1) is 35.6 Å². The molecule has 0 aliphatic carbocycles. The Morgan fingerprint density at radius 3 is 2.22 bits per heavy atom. The van der Waals surface area contributed by atoms with Crippen LogP contribution in [-0.2, 0) is 0 Å². The van der Waals surface area contributed by atoms with Crippen LogP contribution in [0.4, 0.5) is 15.8 Å². The SMILES string of the molecule is COc1cc(OC)c(NC(=S)Nc2ccc(F)cc2Cl)cc1Cl. The lowest BCUT2D eigenvalue weighted by Crippen LogP contribution is -2.19. The molecule has 2 aromatic carbocycles. The average Bonchev–Trinajstić information content (AvgIpc) is 2.50. The third-order valence-corrected chi connectivity index (χ3v) is 3.71. The number of methoxy groups -OCH3 is 2. The highest BCUT2D eigenvalue weighted by Gasteiger charge is 2.12. The van der Waals surface area contributed by atoms with Crippen LogP contribution in [0.5, 0.6) is 11.5 Å². The second kappa shape index (κ2) is 7.68. The summed E-state index contributed by atoms with van der Waals surface area (Å²) in [5.74, 6) is 0.554. The van der Waals surface area contributed by atoms with Gasteiger partial charge in [-0.3, -0.25) is 0 Å². The van der Waals surface area contributed by atoms with Crippen molar-refractivity contribution in [1.82, 2.24) is 0 Å². The average molecular weight is 375 g/mol. The van der Waals surface area contributed by atoms with Crippen LogP contribution < -0.4 is 20.1 Å². The van der Waals surface area contributed by atoms with E-state index in [2.05, 4.69) is 10.6 Å². The Morgan fingerprint density at radius 2 is 1.61 bits per heavy atom. The smallest absolute Gasteiger partial charge is 0.175 e. The summed E-state index contributed by atoms with van der Waals surface area (Å²) in [4.78, 5) is 0. The van der Waals surface area contributed by atoms with E-state index in [1.54, 1.807) is 12.1 Å². The lowest BCUT2D eigenvalue weighted by atomic mass is 10.2. The third-order valence-electron chi connectivity index (χ3n) is 2.90. The first-order valence-electron chi connectivity index (χ1n) is 6.39. The molecule has 0 radical (unpaired) electrons. The van der Waals surface area contributed by atoms with Crippen LogP contribution >= 0.6 is 35.4 Å². The Bertz CT molecular complexity index is 744. The van der Waals surface area contributed by atoms with E-state index in [0.717, 1.165) is 0 Å². The highest BCUT2D eigenvalue weighted by atomic mass is 35.5. The molecule has 0 saturated carbocycles. The molecule has 0 atom stereocenters. The zero-order chi connectivity index (χ0) is 17.0. The van der Waals surface area contributed by atoms with Crippen molar-refractivity contribution in [3.63, 3.8) is 0 Å². The van der Waals surface area contributed by atoms with E-state index in [1.165, 1.54) is 32.4 Å². The number of rotatable bonds is 4. The van der Waals surface area contributed by atoms with E-state index in [1.807, 2.05) is 0 Å². The van der Waals surface area contributed by atoms with Gasteiger partial charge in [-0.1, -0.05) is 23.2 Å². The molecule has 0 bridgehead atoms. The fourth-order valence-corrected chi connectivity index (χ4v) is 2.50. The quantitative estimate of drug-likeness (QED) is 0.740. The molecule has 122 valence electrons. The molecular formula is C15H13Cl2FN2O2S. The summed E-state index contributed by atoms with van der Waals surface area (Å²) >= 11 is 17.3. The number of halogens is 3. The molecule has 0 aliphatic rings. The van der Waals surface area contributed by atoms with Crippen molar-refractivity contribution >= 4 is 51.9 Å². The molecule has 2 aromatic rings. The van der Waals surface area contributed by atoms with Crippen LogP contribution in [0, 0.1) is 5.82 Å². The summed E-state index contributed by atoms with van der Waals surface area (Å²) in [6, 6.07) is 7.22. The second-order valence-corrected chi connectivity index (χ2v) is 5.61. The minimum Gasteiger partial charge on any atom is -0.495 e. The van der Waals surface area contributed by atoms with Crippen molar-refractivity contribution in [2.75, 3.05) is 24.9 Å². The zero-order valence-electron chi connectivity index (χ0n) is 12.2. The van der Waals surface area contributed by atoms with Crippen LogP contribution in [0.2, 0.25) is 10.0 Å². The van der Waals surface area contributed by atoms with E-state index in [-0.39, 0.29) is 10.1 Å². The molecule has 2 N–H and O–H groups in total. The van der Waals surface area contributed by atoms with Crippen LogP contribution in [0.3, 0.4) is 0 Å². The minimum absolute atomic E-state index is 0.217. The lowest BCUT2D eigenvalue weighted by Gasteiger charge is -2.15. The molecule has 0 saturated heterocycles. The van der Waals surface area contributed by atoms with E-state index >= 15 is 0 Å². The Kier molecular flexibility index (Phi) is 5.87. The summed E-state index contributed by atoms with van der Waals surface area (Å²) in [6.45, 7) is 0. The highest BCUT2D eigenvalue weighted by molar-refractivity contribution is 7.80. The molecule has 0 aliphatic heterocycles. The monoisotopic (exact) mass is 374 g/mol. The summed E-state index contributed by atoms with van der Waals surface area (Å²) in [7, 11) is 3.03. The van der Waals surface area contributed by atoms with Gasteiger partial charge in [0, 0.05) is 6.07 Å². The molecule has 23 heavy (non-hydrogen) atoms. The Hall–Kier alpha value is -1.76. The predicted molar refractivity (Wildman–Crippen MR) is 95.8 cm³/mol. The van der Waals surface area contributed by atoms with Crippen molar-refractivity contribution in [1.29, 1.82) is 0 Å². The predicted octanol–water partition coefficient (Wildman–Crippen LogP) is 4.96. The van der Waals surface area contributed by atoms with Gasteiger partial charge in [-0.05, 0) is 36.5 Å². The normalized spacial score (nSPS) is 10.1. The van der Waals surface area contributed by atoms with Gasteiger partial charge in [-0.15, -0.1) is 0 Å². The van der Waals surface area contributed by atoms with Gasteiger partial charge in [0.1, 0.15) is 17.3 Å². The van der Waals surface area contributed by atoms with Gasteiger partial charge < -0.3 is 20.1 Å². The minimum atomic E-state index is -0.428. The molecule has 0 spiro atoms. The number of benzene rings is 2. The first kappa shape index (κ1) is 17.6. The zero-order valence-corrected chi connectivity index (χ0v) is 14.6. The molecule has 2 rings (SSSR count). The lowest BCUT2D eigenvalue weighted by molar-refractivity contribution is 0.396. The second-order valence-electron chi connectivity index (χ2n) is 4.39. The maximum atomic E-state index is 13.0. The Labute approximate surface area is 148 Å². The van der Waals surface area contributed by atoms with Crippen molar-refractivity contribution in [3.05, 3.63) is 46.2 Å². The van der Waals surface area contributed by atoms with E-state index < -0.39 is 5.82 Å². The van der Waals surface area contributed by atoms with Gasteiger partial charge in [0.25, 0.3) is 0 Å². The summed E-state index contributed by atoms with van der Waals surface area (Å²) in [5.41, 5.74) is 1.03.